The fourth-order valence-electron chi connectivity index (χ4n) is 1.50. The van der Waals surface area contributed by atoms with Crippen molar-refractivity contribution in [1.29, 1.82) is 0 Å². The van der Waals surface area contributed by atoms with Gasteiger partial charge in [0, 0.05) is 18.3 Å². The normalized spacial score (nSPS) is 10.5. The van der Waals surface area contributed by atoms with Gasteiger partial charge in [-0.1, -0.05) is 0 Å². The molecule has 90 valence electrons. The maximum absolute atomic E-state index is 8.98. The summed E-state index contributed by atoms with van der Waals surface area (Å²) in [7, 11) is 0. The van der Waals surface area contributed by atoms with Crippen molar-refractivity contribution in [2.24, 2.45) is 0 Å². The Morgan fingerprint density at radius 3 is 2.82 bits per heavy atom. The molecule has 0 spiro atoms. The largest absolute Gasteiger partial charge is 0.435 e. The Bertz CT molecular complexity index is 508. The molecule has 0 saturated carbocycles. The van der Waals surface area contributed by atoms with Gasteiger partial charge in [0.1, 0.15) is 0 Å². The summed E-state index contributed by atoms with van der Waals surface area (Å²) in [5.74, 6) is 1.21. The number of hydrogen-bond donors (Lipinski definition) is 1. The molecule has 5 heteroatoms. The van der Waals surface area contributed by atoms with Crippen LogP contribution >= 0.6 is 0 Å². The molecular weight excluding hydrogens is 218 g/mol. The number of aliphatic hydroxyl groups is 1. The molecule has 17 heavy (non-hydrogen) atoms. The van der Waals surface area contributed by atoms with Crippen molar-refractivity contribution in [3.05, 3.63) is 35.8 Å². The Balaban J connectivity index is 2.18. The summed E-state index contributed by atoms with van der Waals surface area (Å²) >= 11 is 0. The lowest BCUT2D eigenvalue weighted by Crippen LogP contribution is -1.94. The van der Waals surface area contributed by atoms with Gasteiger partial charge < -0.3 is 9.84 Å². The zero-order valence-corrected chi connectivity index (χ0v) is 9.92. The lowest BCUT2D eigenvalue weighted by molar-refractivity contribution is 0.281. The minimum Gasteiger partial charge on any atom is -0.435 e. The highest BCUT2D eigenvalue weighted by atomic mass is 16.5. The molecule has 0 saturated heterocycles. The smallest absolute Gasteiger partial charge is 0.222 e. The molecule has 0 radical (unpaired) electrons. The van der Waals surface area contributed by atoms with E-state index in [1.54, 1.807) is 17.1 Å². The maximum Gasteiger partial charge on any atom is 0.222 e. The fraction of sp³-hybridized carbons (Fsp3) is 0.333. The van der Waals surface area contributed by atoms with Crippen LogP contribution in [-0.4, -0.2) is 19.9 Å². The van der Waals surface area contributed by atoms with Gasteiger partial charge in [0.2, 0.25) is 5.88 Å². The lowest BCUT2D eigenvalue weighted by atomic mass is 10.2. The van der Waals surface area contributed by atoms with E-state index in [0.717, 1.165) is 17.7 Å². The molecule has 1 N–H and O–H groups in total. The first kappa shape index (κ1) is 11.6. The Hall–Kier alpha value is -1.88. The molecule has 2 aromatic rings. The number of nitrogens with zero attached hydrogens (tertiary/aromatic N) is 3. The first-order valence-electron chi connectivity index (χ1n) is 5.49. The monoisotopic (exact) mass is 233 g/mol. The first-order chi connectivity index (χ1) is 8.22. The zero-order valence-electron chi connectivity index (χ0n) is 9.92. The Morgan fingerprint density at radius 2 is 2.24 bits per heavy atom. The van der Waals surface area contributed by atoms with Gasteiger partial charge >= 0.3 is 0 Å². The van der Waals surface area contributed by atoms with E-state index in [1.165, 1.54) is 0 Å². The van der Waals surface area contributed by atoms with Crippen LogP contribution in [0.3, 0.4) is 0 Å². The van der Waals surface area contributed by atoms with Crippen molar-refractivity contribution in [2.75, 3.05) is 0 Å². The number of ether oxygens (including phenoxy) is 1. The number of pyridine rings is 1. The van der Waals surface area contributed by atoms with Crippen LogP contribution < -0.4 is 4.74 Å². The van der Waals surface area contributed by atoms with Gasteiger partial charge in [-0.25, -0.2) is 4.98 Å². The minimum absolute atomic E-state index is 0.0120. The summed E-state index contributed by atoms with van der Waals surface area (Å²) in [4.78, 5) is 4.16. The van der Waals surface area contributed by atoms with E-state index in [2.05, 4.69) is 10.1 Å². The van der Waals surface area contributed by atoms with Gasteiger partial charge in [0.25, 0.3) is 0 Å². The van der Waals surface area contributed by atoms with E-state index in [9.17, 15) is 0 Å². The lowest BCUT2D eigenvalue weighted by Gasteiger charge is -2.06. The summed E-state index contributed by atoms with van der Waals surface area (Å²) in [5, 5.41) is 13.1. The summed E-state index contributed by atoms with van der Waals surface area (Å²) in [5.41, 5.74) is 1.67. The van der Waals surface area contributed by atoms with Crippen LogP contribution in [0, 0.1) is 6.92 Å². The standard InChI is InChI=1S/C12H15N3O2/c1-3-15-7-11(6-14-15)17-12-9(2)4-10(8-16)5-13-12/h4-7,16H,3,8H2,1-2H3. The topological polar surface area (TPSA) is 60.2 Å². The number of hydrogen-bond acceptors (Lipinski definition) is 4. The van der Waals surface area contributed by atoms with E-state index in [0.29, 0.717) is 11.6 Å². The fourth-order valence-corrected chi connectivity index (χ4v) is 1.50. The zero-order chi connectivity index (χ0) is 12.3. The molecule has 0 aliphatic heterocycles. The first-order valence-corrected chi connectivity index (χ1v) is 5.49. The van der Waals surface area contributed by atoms with Gasteiger partial charge in [-0.3, -0.25) is 4.68 Å². The molecule has 0 fully saturated rings. The van der Waals surface area contributed by atoms with E-state index in [-0.39, 0.29) is 6.61 Å². The number of aliphatic hydroxyl groups excluding tert-OH is 1. The van der Waals surface area contributed by atoms with Crippen LogP contribution in [0.25, 0.3) is 0 Å². The van der Waals surface area contributed by atoms with Crippen LogP contribution in [0.15, 0.2) is 24.7 Å². The van der Waals surface area contributed by atoms with E-state index in [1.807, 2.05) is 26.1 Å². The molecule has 0 aliphatic rings. The molecule has 2 heterocycles. The van der Waals surface area contributed by atoms with Crippen molar-refractivity contribution in [2.45, 2.75) is 27.0 Å². The molecule has 5 nitrogen and oxygen atoms in total. The van der Waals surface area contributed by atoms with Crippen molar-refractivity contribution in [3.63, 3.8) is 0 Å². The predicted octanol–water partition coefficient (Wildman–Crippen LogP) is 1.89. The third-order valence-electron chi connectivity index (χ3n) is 2.42. The summed E-state index contributed by atoms with van der Waals surface area (Å²) in [6.07, 6.45) is 5.08. The molecule has 2 aromatic heterocycles. The van der Waals surface area contributed by atoms with Crippen molar-refractivity contribution >= 4 is 0 Å². The van der Waals surface area contributed by atoms with Crippen molar-refractivity contribution < 1.29 is 9.84 Å². The van der Waals surface area contributed by atoms with E-state index >= 15 is 0 Å². The van der Waals surface area contributed by atoms with Gasteiger partial charge in [0.05, 0.1) is 19.0 Å². The summed E-state index contributed by atoms with van der Waals surface area (Å²) in [6, 6.07) is 1.85. The van der Waals surface area contributed by atoms with Crippen LogP contribution in [0.5, 0.6) is 11.6 Å². The number of aryl methyl sites for hydroxylation is 2. The average molecular weight is 233 g/mol. The highest BCUT2D eigenvalue weighted by Gasteiger charge is 2.05. The second-order valence-electron chi connectivity index (χ2n) is 3.76. The SMILES string of the molecule is CCn1cc(Oc2ncc(CO)cc2C)cn1. The van der Waals surface area contributed by atoms with Crippen LogP contribution in [0.1, 0.15) is 18.1 Å². The van der Waals surface area contributed by atoms with Crippen LogP contribution in [-0.2, 0) is 13.2 Å². The van der Waals surface area contributed by atoms with Gasteiger partial charge in [-0.05, 0) is 25.5 Å². The summed E-state index contributed by atoms with van der Waals surface area (Å²) in [6.45, 7) is 4.70. The predicted molar refractivity (Wildman–Crippen MR) is 62.9 cm³/mol. The van der Waals surface area contributed by atoms with Gasteiger partial charge in [0.15, 0.2) is 5.75 Å². The van der Waals surface area contributed by atoms with Gasteiger partial charge in [-0.15, -0.1) is 0 Å². The Labute approximate surface area is 99.7 Å². The molecule has 2 rings (SSSR count). The highest BCUT2D eigenvalue weighted by molar-refractivity contribution is 5.31. The molecular formula is C12H15N3O2. The van der Waals surface area contributed by atoms with Crippen LogP contribution in [0.2, 0.25) is 0 Å². The molecule has 0 unspecified atom stereocenters. The number of rotatable bonds is 4. The van der Waals surface area contributed by atoms with Crippen molar-refractivity contribution in [1.82, 2.24) is 14.8 Å². The third kappa shape index (κ3) is 2.62. The average Bonchev–Trinajstić information content (AvgIpc) is 2.79. The van der Waals surface area contributed by atoms with Gasteiger partial charge in [-0.2, -0.15) is 5.10 Å². The number of aromatic nitrogens is 3. The van der Waals surface area contributed by atoms with Crippen molar-refractivity contribution in [3.8, 4) is 11.6 Å². The Morgan fingerprint density at radius 1 is 1.41 bits per heavy atom. The highest BCUT2D eigenvalue weighted by Crippen LogP contribution is 2.22. The molecule has 0 bridgehead atoms. The minimum atomic E-state index is -0.0120. The molecule has 0 aromatic carbocycles. The van der Waals surface area contributed by atoms with E-state index in [4.69, 9.17) is 9.84 Å². The summed E-state index contributed by atoms with van der Waals surface area (Å²) < 4.78 is 7.40. The molecule has 0 aliphatic carbocycles. The third-order valence-corrected chi connectivity index (χ3v) is 2.42. The maximum atomic E-state index is 8.98. The van der Waals surface area contributed by atoms with E-state index < -0.39 is 0 Å². The molecule has 0 atom stereocenters. The molecule has 0 amide bonds. The second kappa shape index (κ2) is 4.97. The second-order valence-corrected chi connectivity index (χ2v) is 3.76. The Kier molecular flexibility index (Phi) is 3.39. The van der Waals surface area contributed by atoms with Crippen LogP contribution in [0.4, 0.5) is 0 Å². The quantitative estimate of drug-likeness (QED) is 0.876.